The van der Waals surface area contributed by atoms with Crippen LogP contribution < -0.4 is 5.32 Å². The van der Waals surface area contributed by atoms with E-state index in [1.165, 1.54) is 0 Å². The van der Waals surface area contributed by atoms with Gasteiger partial charge in [-0.15, -0.1) is 0 Å². The van der Waals surface area contributed by atoms with Gasteiger partial charge in [0.15, 0.2) is 0 Å². The largest absolute Gasteiger partial charge is 0.395 e. The van der Waals surface area contributed by atoms with Gasteiger partial charge in [0, 0.05) is 12.6 Å². The van der Waals surface area contributed by atoms with Gasteiger partial charge in [-0.3, -0.25) is 0 Å². The number of ether oxygens (including phenoxy) is 1. The van der Waals surface area contributed by atoms with Crippen molar-refractivity contribution in [3.63, 3.8) is 0 Å². The van der Waals surface area contributed by atoms with Crippen LogP contribution in [0.25, 0.3) is 0 Å². The highest BCUT2D eigenvalue weighted by molar-refractivity contribution is 4.88. The average Bonchev–Trinajstić information content (AvgIpc) is 2.09. The molecule has 0 unspecified atom stereocenters. The van der Waals surface area contributed by atoms with Gasteiger partial charge >= 0.3 is 0 Å². The Balaban J connectivity index is 2.06. The molecule has 1 saturated carbocycles. The maximum Gasteiger partial charge on any atom is 0.0607 e. The quantitative estimate of drug-likeness (QED) is 0.527. The highest BCUT2D eigenvalue weighted by atomic mass is 16.5. The summed E-state index contributed by atoms with van der Waals surface area (Å²) in [6.07, 6.45) is 2.36. The Bertz CT molecular complexity index is 133. The summed E-state index contributed by atoms with van der Waals surface area (Å²) in [5.41, 5.74) is 0. The van der Waals surface area contributed by atoms with E-state index in [-0.39, 0.29) is 19.3 Å². The molecule has 0 heterocycles. The summed E-state index contributed by atoms with van der Waals surface area (Å²) >= 11 is 0. The minimum Gasteiger partial charge on any atom is -0.395 e. The van der Waals surface area contributed by atoms with Crippen LogP contribution in [0.15, 0.2) is 0 Å². The lowest BCUT2D eigenvalue weighted by molar-refractivity contribution is -0.0162. The number of hydrogen-bond donors (Lipinski definition) is 3. The minimum absolute atomic E-state index is 0.00764. The third-order valence-electron chi connectivity index (χ3n) is 2.41. The summed E-state index contributed by atoms with van der Waals surface area (Å²) < 4.78 is 5.39. The van der Waals surface area contributed by atoms with Crippen molar-refractivity contribution in [3.8, 4) is 0 Å². The van der Waals surface area contributed by atoms with E-state index in [4.69, 9.17) is 14.9 Å². The molecule has 0 radical (unpaired) electrons. The highest BCUT2D eigenvalue weighted by Gasteiger charge is 2.30. The molecular weight excluding hydrogens is 170 g/mol. The molecule has 0 aliphatic heterocycles. The number of hydrogen-bond acceptors (Lipinski definition) is 4. The van der Waals surface area contributed by atoms with Crippen LogP contribution in [-0.4, -0.2) is 48.2 Å². The van der Waals surface area contributed by atoms with Gasteiger partial charge in [-0.05, 0) is 19.8 Å². The van der Waals surface area contributed by atoms with Crippen LogP contribution in [-0.2, 0) is 4.74 Å². The first-order valence-electron chi connectivity index (χ1n) is 4.89. The van der Waals surface area contributed by atoms with Crippen molar-refractivity contribution >= 4 is 0 Å². The molecule has 0 amide bonds. The average molecular weight is 189 g/mol. The normalized spacial score (nSPS) is 27.7. The minimum atomic E-state index is -0.174. The zero-order valence-electron chi connectivity index (χ0n) is 8.07. The molecule has 13 heavy (non-hydrogen) atoms. The molecule has 3 N–H and O–H groups in total. The van der Waals surface area contributed by atoms with Crippen molar-refractivity contribution < 1.29 is 14.9 Å². The standard InChI is InChI=1S/C9H19NO3/c1-2-13-9-3-7(4-9)10-8(5-11)6-12/h7-12H,2-6H2,1H3. The molecule has 0 aromatic carbocycles. The molecule has 0 bridgehead atoms. The molecule has 0 atom stereocenters. The molecule has 0 aromatic heterocycles. The summed E-state index contributed by atoms with van der Waals surface area (Å²) in [6.45, 7) is 2.74. The van der Waals surface area contributed by atoms with Gasteiger partial charge in [0.2, 0.25) is 0 Å². The summed E-state index contributed by atoms with van der Waals surface area (Å²) in [7, 11) is 0. The molecule has 0 spiro atoms. The van der Waals surface area contributed by atoms with E-state index >= 15 is 0 Å². The van der Waals surface area contributed by atoms with E-state index in [1.807, 2.05) is 6.92 Å². The second kappa shape index (κ2) is 5.54. The molecule has 1 aliphatic rings. The van der Waals surface area contributed by atoms with Crippen LogP contribution in [0, 0.1) is 0 Å². The molecule has 1 rings (SSSR count). The Morgan fingerprint density at radius 3 is 2.46 bits per heavy atom. The van der Waals surface area contributed by atoms with Gasteiger partial charge < -0.3 is 20.3 Å². The Labute approximate surface area is 78.9 Å². The topological polar surface area (TPSA) is 61.7 Å². The van der Waals surface area contributed by atoms with Gasteiger partial charge in [0.1, 0.15) is 0 Å². The monoisotopic (exact) mass is 189 g/mol. The lowest BCUT2D eigenvalue weighted by Gasteiger charge is -2.37. The van der Waals surface area contributed by atoms with Crippen LogP contribution in [0.2, 0.25) is 0 Å². The molecule has 4 nitrogen and oxygen atoms in total. The van der Waals surface area contributed by atoms with Crippen molar-refractivity contribution in [3.05, 3.63) is 0 Å². The first-order chi connectivity index (χ1) is 6.30. The second-order valence-corrected chi connectivity index (χ2v) is 3.47. The van der Waals surface area contributed by atoms with Gasteiger partial charge in [0.05, 0.1) is 25.4 Å². The van der Waals surface area contributed by atoms with Crippen LogP contribution >= 0.6 is 0 Å². The molecule has 0 aromatic rings. The van der Waals surface area contributed by atoms with Crippen molar-refractivity contribution in [2.75, 3.05) is 19.8 Å². The van der Waals surface area contributed by atoms with Crippen molar-refractivity contribution in [2.45, 2.75) is 38.0 Å². The van der Waals surface area contributed by atoms with Gasteiger partial charge in [-0.1, -0.05) is 0 Å². The third kappa shape index (κ3) is 3.23. The number of aliphatic hydroxyl groups is 2. The molecule has 78 valence electrons. The number of aliphatic hydroxyl groups excluding tert-OH is 2. The van der Waals surface area contributed by atoms with Crippen molar-refractivity contribution in [1.82, 2.24) is 5.32 Å². The summed E-state index contributed by atoms with van der Waals surface area (Å²) in [4.78, 5) is 0. The predicted octanol–water partition coefficient (Wildman–Crippen LogP) is -0.503. The zero-order chi connectivity index (χ0) is 9.68. The van der Waals surface area contributed by atoms with Crippen LogP contribution in [0.5, 0.6) is 0 Å². The van der Waals surface area contributed by atoms with E-state index in [2.05, 4.69) is 5.32 Å². The van der Waals surface area contributed by atoms with Crippen molar-refractivity contribution in [2.24, 2.45) is 0 Å². The zero-order valence-corrected chi connectivity index (χ0v) is 8.07. The summed E-state index contributed by atoms with van der Waals surface area (Å²) in [5, 5.41) is 20.8. The van der Waals surface area contributed by atoms with E-state index in [0.717, 1.165) is 19.4 Å². The Hall–Kier alpha value is -0.160. The predicted molar refractivity (Wildman–Crippen MR) is 49.5 cm³/mol. The summed E-state index contributed by atoms with van der Waals surface area (Å²) in [6, 6.07) is 0.230. The molecule has 4 heteroatoms. The number of rotatable bonds is 6. The van der Waals surface area contributed by atoms with Gasteiger partial charge in [0.25, 0.3) is 0 Å². The van der Waals surface area contributed by atoms with Crippen LogP contribution in [0.4, 0.5) is 0 Å². The van der Waals surface area contributed by atoms with E-state index in [0.29, 0.717) is 12.1 Å². The Kier molecular flexibility index (Phi) is 4.66. The maximum absolute atomic E-state index is 8.81. The maximum atomic E-state index is 8.81. The number of nitrogens with one attached hydrogen (secondary N) is 1. The lowest BCUT2D eigenvalue weighted by Crippen LogP contribution is -2.51. The Morgan fingerprint density at radius 2 is 2.00 bits per heavy atom. The highest BCUT2D eigenvalue weighted by Crippen LogP contribution is 2.23. The van der Waals surface area contributed by atoms with E-state index in [9.17, 15) is 0 Å². The van der Waals surface area contributed by atoms with Gasteiger partial charge in [-0.25, -0.2) is 0 Å². The van der Waals surface area contributed by atoms with Crippen LogP contribution in [0.1, 0.15) is 19.8 Å². The third-order valence-corrected chi connectivity index (χ3v) is 2.41. The fourth-order valence-electron chi connectivity index (χ4n) is 1.57. The molecule has 0 saturated heterocycles. The fourth-order valence-corrected chi connectivity index (χ4v) is 1.57. The SMILES string of the molecule is CCOC1CC(NC(CO)CO)C1. The second-order valence-electron chi connectivity index (χ2n) is 3.47. The molecule has 1 aliphatic carbocycles. The van der Waals surface area contributed by atoms with E-state index < -0.39 is 0 Å². The molecule has 1 fully saturated rings. The fraction of sp³-hybridized carbons (Fsp3) is 1.00. The Morgan fingerprint density at radius 1 is 1.38 bits per heavy atom. The first-order valence-corrected chi connectivity index (χ1v) is 4.89. The first kappa shape index (κ1) is 10.9. The van der Waals surface area contributed by atoms with Gasteiger partial charge in [-0.2, -0.15) is 0 Å². The molecular formula is C9H19NO3. The smallest absolute Gasteiger partial charge is 0.0607 e. The van der Waals surface area contributed by atoms with Crippen LogP contribution in [0.3, 0.4) is 0 Å². The van der Waals surface area contributed by atoms with E-state index in [1.54, 1.807) is 0 Å². The van der Waals surface area contributed by atoms with Crippen molar-refractivity contribution in [1.29, 1.82) is 0 Å². The lowest BCUT2D eigenvalue weighted by atomic mass is 9.88. The summed E-state index contributed by atoms with van der Waals surface area (Å²) in [5.74, 6) is 0.